The number of aliphatic carboxylic acids is 1. The van der Waals surface area contributed by atoms with Gasteiger partial charge in [-0.2, -0.15) is 0 Å². The third-order valence-electron chi connectivity index (χ3n) is 6.91. The zero-order valence-corrected chi connectivity index (χ0v) is 22.9. The Labute approximate surface area is 242 Å². The quantitative estimate of drug-likeness (QED) is 0.245. The van der Waals surface area contributed by atoms with Gasteiger partial charge in [0.05, 0.1) is 17.4 Å². The van der Waals surface area contributed by atoms with Crippen molar-refractivity contribution >= 4 is 35.2 Å². The number of non-ortho nitro benzene ring substituents is 1. The number of hydrogen-bond acceptors (Lipinski definition) is 6. The Balaban J connectivity index is 1.60. The van der Waals surface area contributed by atoms with Crippen molar-refractivity contribution in [2.75, 3.05) is 18.4 Å². The van der Waals surface area contributed by atoms with Crippen LogP contribution in [0.1, 0.15) is 35.6 Å². The molecule has 4 amide bonds. The minimum absolute atomic E-state index is 0.0627. The first-order valence-corrected chi connectivity index (χ1v) is 13.4. The summed E-state index contributed by atoms with van der Waals surface area (Å²) < 4.78 is 0. The van der Waals surface area contributed by atoms with Crippen molar-refractivity contribution in [3.05, 3.63) is 106 Å². The summed E-state index contributed by atoms with van der Waals surface area (Å²) in [6.07, 6.45) is -1.43. The van der Waals surface area contributed by atoms with Crippen molar-refractivity contribution in [1.82, 2.24) is 15.1 Å². The van der Waals surface area contributed by atoms with Crippen molar-refractivity contribution < 1.29 is 29.2 Å². The van der Waals surface area contributed by atoms with Crippen LogP contribution in [0.15, 0.2) is 78.9 Å². The highest BCUT2D eigenvalue weighted by Crippen LogP contribution is 2.25. The Morgan fingerprint density at radius 2 is 1.69 bits per heavy atom. The first-order valence-electron chi connectivity index (χ1n) is 13.4. The largest absolute Gasteiger partial charge is 0.481 e. The number of carbonyl (C=O) groups excluding carboxylic acids is 3. The van der Waals surface area contributed by atoms with Crippen LogP contribution in [0.5, 0.6) is 0 Å². The van der Waals surface area contributed by atoms with Crippen molar-refractivity contribution in [2.24, 2.45) is 0 Å². The lowest BCUT2D eigenvalue weighted by Crippen LogP contribution is -2.55. The second kappa shape index (κ2) is 13.4. The molecule has 1 aliphatic heterocycles. The highest BCUT2D eigenvalue weighted by molar-refractivity contribution is 5.96. The second-order valence-corrected chi connectivity index (χ2v) is 9.95. The molecule has 12 nitrogen and oxygen atoms in total. The molecule has 0 aliphatic carbocycles. The number of nitro benzene ring substituents is 1. The number of amides is 4. The van der Waals surface area contributed by atoms with Gasteiger partial charge in [-0.15, -0.1) is 0 Å². The van der Waals surface area contributed by atoms with Gasteiger partial charge >= 0.3 is 12.0 Å². The number of nitro groups is 1. The Bertz CT molecular complexity index is 1480. The lowest BCUT2D eigenvalue weighted by Gasteiger charge is -2.31. The summed E-state index contributed by atoms with van der Waals surface area (Å²) in [5, 5.41) is 26.2. The van der Waals surface area contributed by atoms with E-state index in [0.717, 1.165) is 11.1 Å². The summed E-state index contributed by atoms with van der Waals surface area (Å²) >= 11 is 0. The molecule has 3 aromatic rings. The molecule has 1 saturated heterocycles. The fraction of sp³-hybridized carbons (Fsp3) is 0.267. The van der Waals surface area contributed by atoms with Crippen molar-refractivity contribution in [1.29, 1.82) is 0 Å². The van der Waals surface area contributed by atoms with Crippen molar-refractivity contribution in [3.8, 4) is 0 Å². The van der Waals surface area contributed by atoms with Gasteiger partial charge in [0.1, 0.15) is 0 Å². The average molecular weight is 574 g/mol. The van der Waals surface area contributed by atoms with Crippen molar-refractivity contribution in [2.45, 2.75) is 38.4 Å². The number of nitrogens with one attached hydrogen (secondary N) is 2. The Morgan fingerprint density at radius 1 is 0.976 bits per heavy atom. The van der Waals surface area contributed by atoms with Gasteiger partial charge in [-0.05, 0) is 42.2 Å². The Kier molecular flexibility index (Phi) is 9.48. The molecule has 12 heteroatoms. The molecule has 2 atom stereocenters. The normalized spacial score (nSPS) is 15.1. The summed E-state index contributed by atoms with van der Waals surface area (Å²) in [7, 11) is 0. The maximum atomic E-state index is 13.8. The van der Waals surface area contributed by atoms with E-state index in [-0.39, 0.29) is 36.7 Å². The van der Waals surface area contributed by atoms with Gasteiger partial charge in [-0.3, -0.25) is 29.4 Å². The molecule has 0 radical (unpaired) electrons. The number of urea groups is 1. The van der Waals surface area contributed by atoms with Gasteiger partial charge < -0.3 is 20.6 Å². The molecule has 0 aromatic heterocycles. The van der Waals surface area contributed by atoms with Crippen LogP contribution in [0.2, 0.25) is 0 Å². The van der Waals surface area contributed by atoms with Crippen LogP contribution in [0, 0.1) is 17.0 Å². The maximum Gasteiger partial charge on any atom is 0.323 e. The number of nitrogens with zero attached hydrogens (tertiary/aromatic N) is 3. The minimum Gasteiger partial charge on any atom is -0.481 e. The smallest absolute Gasteiger partial charge is 0.323 e. The van der Waals surface area contributed by atoms with E-state index in [1.807, 2.05) is 43.3 Å². The molecule has 0 bridgehead atoms. The van der Waals surface area contributed by atoms with Gasteiger partial charge in [0.25, 0.3) is 11.6 Å². The number of rotatable bonds is 10. The van der Waals surface area contributed by atoms with Crippen LogP contribution in [-0.4, -0.2) is 62.9 Å². The number of aryl methyl sites for hydroxylation is 2. The van der Waals surface area contributed by atoms with Crippen LogP contribution in [0.3, 0.4) is 0 Å². The second-order valence-electron chi connectivity index (χ2n) is 9.95. The van der Waals surface area contributed by atoms with Gasteiger partial charge in [-0.25, -0.2) is 4.79 Å². The fourth-order valence-electron chi connectivity index (χ4n) is 4.87. The molecular weight excluding hydrogens is 542 g/mol. The average Bonchev–Trinajstić information content (AvgIpc) is 3.42. The number of hydrogen-bond donors (Lipinski definition) is 3. The molecule has 3 N–H and O–H groups in total. The fourth-order valence-corrected chi connectivity index (χ4v) is 4.87. The van der Waals surface area contributed by atoms with Gasteiger partial charge in [-0.1, -0.05) is 54.6 Å². The first kappa shape index (κ1) is 29.7. The molecule has 1 aliphatic rings. The third-order valence-corrected chi connectivity index (χ3v) is 6.91. The molecule has 2 unspecified atom stereocenters. The standard InChI is InChI=1S/C30H31N5O7/c1-20-7-5-11-23(17-20)31-30(40)34-16-15-33(26(36)14-13-21-8-3-2-4-9-21)29(34)28(39)32-25(19-27(37)38)22-10-6-12-24(18-22)35(41)42/h2-12,17-18,25,29H,13-16,19H2,1H3,(H,31,40)(H,32,39)(H,37,38). The van der Waals surface area contributed by atoms with E-state index >= 15 is 0 Å². The van der Waals surface area contributed by atoms with Crippen LogP contribution in [-0.2, 0) is 20.8 Å². The summed E-state index contributed by atoms with van der Waals surface area (Å²) in [5.74, 6) is -2.38. The Hall–Kier alpha value is -5.26. The summed E-state index contributed by atoms with van der Waals surface area (Å²) in [6, 6.07) is 20.0. The molecule has 4 rings (SSSR count). The maximum absolute atomic E-state index is 13.8. The number of carboxylic acids is 1. The van der Waals surface area contributed by atoms with Crippen LogP contribution >= 0.6 is 0 Å². The lowest BCUT2D eigenvalue weighted by molar-refractivity contribution is -0.384. The highest BCUT2D eigenvalue weighted by Gasteiger charge is 2.43. The Morgan fingerprint density at radius 3 is 2.38 bits per heavy atom. The van der Waals surface area contributed by atoms with E-state index in [4.69, 9.17) is 0 Å². The molecule has 0 saturated carbocycles. The summed E-state index contributed by atoms with van der Waals surface area (Å²) in [4.78, 5) is 65.4. The monoisotopic (exact) mass is 573 g/mol. The zero-order chi connectivity index (χ0) is 30.2. The SMILES string of the molecule is Cc1cccc(NC(=O)N2CCN(C(=O)CCc3ccccc3)C2C(=O)NC(CC(=O)O)c2cccc([N+](=O)[O-])c2)c1. The number of carboxylic acid groups (broad SMARTS) is 1. The number of benzene rings is 3. The van der Waals surface area contributed by atoms with Crippen LogP contribution in [0.25, 0.3) is 0 Å². The van der Waals surface area contributed by atoms with Crippen LogP contribution < -0.4 is 10.6 Å². The summed E-state index contributed by atoms with van der Waals surface area (Å²) in [6.45, 7) is 2.02. The molecule has 3 aromatic carbocycles. The lowest BCUT2D eigenvalue weighted by atomic mass is 10.0. The van der Waals surface area contributed by atoms with E-state index in [0.29, 0.717) is 12.1 Å². The van der Waals surface area contributed by atoms with Crippen LogP contribution in [0.4, 0.5) is 16.2 Å². The van der Waals surface area contributed by atoms with E-state index in [1.54, 1.807) is 18.2 Å². The topological polar surface area (TPSA) is 162 Å². The van der Waals surface area contributed by atoms with Gasteiger partial charge in [0, 0.05) is 37.3 Å². The zero-order valence-electron chi connectivity index (χ0n) is 22.9. The van der Waals surface area contributed by atoms with Gasteiger partial charge in [0.2, 0.25) is 5.91 Å². The van der Waals surface area contributed by atoms with E-state index < -0.39 is 41.5 Å². The number of carbonyl (C=O) groups is 4. The molecule has 42 heavy (non-hydrogen) atoms. The molecule has 1 heterocycles. The van der Waals surface area contributed by atoms with Gasteiger partial charge in [0.15, 0.2) is 6.17 Å². The van der Waals surface area contributed by atoms with E-state index in [9.17, 15) is 34.4 Å². The molecule has 1 fully saturated rings. The van der Waals surface area contributed by atoms with Crippen molar-refractivity contribution in [3.63, 3.8) is 0 Å². The van der Waals surface area contributed by atoms with E-state index in [2.05, 4.69) is 10.6 Å². The molecule has 218 valence electrons. The first-order chi connectivity index (χ1) is 20.1. The predicted octanol–water partition coefficient (Wildman–Crippen LogP) is 3.87. The predicted molar refractivity (Wildman–Crippen MR) is 153 cm³/mol. The minimum atomic E-state index is -1.37. The molecule has 0 spiro atoms. The summed E-state index contributed by atoms with van der Waals surface area (Å²) in [5.41, 5.74) is 2.29. The highest BCUT2D eigenvalue weighted by atomic mass is 16.6. The van der Waals surface area contributed by atoms with E-state index in [1.165, 1.54) is 34.1 Å². The number of anilines is 1. The molecular formula is C30H31N5O7. The third kappa shape index (κ3) is 7.47.